The average Bonchev–Trinajstić information content (AvgIpc) is 2.37. The van der Waals surface area contributed by atoms with Gasteiger partial charge in [0.25, 0.3) is 0 Å². The molecule has 2 heterocycles. The molecule has 0 bridgehead atoms. The molecule has 0 aromatic rings. The van der Waals surface area contributed by atoms with Crippen molar-refractivity contribution in [3.05, 3.63) is 0 Å². The van der Waals surface area contributed by atoms with Gasteiger partial charge >= 0.3 is 0 Å². The Balaban J connectivity index is 1.84. The van der Waals surface area contributed by atoms with E-state index in [0.29, 0.717) is 12.1 Å². The summed E-state index contributed by atoms with van der Waals surface area (Å²) in [5, 5.41) is 0. The molecule has 3 heteroatoms. The monoisotopic (exact) mass is 295 g/mol. The fourth-order valence-electron chi connectivity index (χ4n) is 4.75. The van der Waals surface area contributed by atoms with E-state index in [-0.39, 0.29) is 5.54 Å². The van der Waals surface area contributed by atoms with Gasteiger partial charge < -0.3 is 4.90 Å². The molecule has 2 aliphatic rings. The summed E-state index contributed by atoms with van der Waals surface area (Å²) in [4.78, 5) is 8.05. The zero-order chi connectivity index (χ0) is 15.6. The normalized spacial score (nSPS) is 31.7. The minimum absolute atomic E-state index is 0.289. The third-order valence-corrected chi connectivity index (χ3v) is 5.44. The summed E-state index contributed by atoms with van der Waals surface area (Å²) < 4.78 is 0. The van der Waals surface area contributed by atoms with Crippen molar-refractivity contribution in [2.45, 2.75) is 72.0 Å². The Kier molecular flexibility index (Phi) is 5.72. The molecule has 0 amide bonds. The van der Waals surface area contributed by atoms with E-state index in [0.717, 1.165) is 5.92 Å². The van der Waals surface area contributed by atoms with Gasteiger partial charge in [0.2, 0.25) is 0 Å². The lowest BCUT2D eigenvalue weighted by Gasteiger charge is -2.51. The van der Waals surface area contributed by atoms with Crippen LogP contribution in [0.4, 0.5) is 0 Å². The van der Waals surface area contributed by atoms with E-state index in [4.69, 9.17) is 0 Å². The first-order chi connectivity index (χ1) is 9.81. The van der Waals surface area contributed by atoms with Crippen LogP contribution in [-0.4, -0.2) is 71.6 Å². The maximum absolute atomic E-state index is 2.74. The highest BCUT2D eigenvalue weighted by Gasteiger charge is 2.36. The average molecular weight is 296 g/mol. The molecule has 0 unspecified atom stereocenters. The molecule has 124 valence electrons. The lowest BCUT2D eigenvalue weighted by Crippen LogP contribution is -2.62. The maximum Gasteiger partial charge on any atom is 0.0203 e. The largest absolute Gasteiger partial charge is 0.304 e. The third kappa shape index (κ3) is 4.43. The van der Waals surface area contributed by atoms with Crippen LogP contribution in [0.25, 0.3) is 0 Å². The molecule has 0 N–H and O–H groups in total. The van der Waals surface area contributed by atoms with Crippen LogP contribution in [0.1, 0.15) is 54.4 Å². The zero-order valence-electron chi connectivity index (χ0n) is 15.2. The lowest BCUT2D eigenvalue weighted by molar-refractivity contribution is -0.0290. The van der Waals surface area contributed by atoms with E-state index in [9.17, 15) is 0 Å². The zero-order valence-corrected chi connectivity index (χ0v) is 15.2. The summed E-state index contributed by atoms with van der Waals surface area (Å²) in [6, 6.07) is 1.34. The first kappa shape index (κ1) is 17.2. The molecule has 3 nitrogen and oxygen atoms in total. The molecule has 0 aromatic carbocycles. The van der Waals surface area contributed by atoms with Gasteiger partial charge in [-0.3, -0.25) is 9.80 Å². The minimum Gasteiger partial charge on any atom is -0.304 e. The maximum atomic E-state index is 2.74. The summed E-state index contributed by atoms with van der Waals surface area (Å²) in [6.45, 7) is 21.8. The van der Waals surface area contributed by atoms with Crippen LogP contribution in [0.3, 0.4) is 0 Å². The van der Waals surface area contributed by atoms with Crippen molar-refractivity contribution < 1.29 is 0 Å². The number of rotatable bonds is 3. The van der Waals surface area contributed by atoms with Gasteiger partial charge in [0, 0.05) is 37.3 Å². The van der Waals surface area contributed by atoms with Crippen molar-refractivity contribution >= 4 is 0 Å². The molecule has 0 saturated carbocycles. The molecular formula is C18H37N3. The van der Waals surface area contributed by atoms with Crippen LogP contribution in [-0.2, 0) is 0 Å². The Morgan fingerprint density at radius 3 is 1.86 bits per heavy atom. The molecular weight excluding hydrogens is 258 g/mol. The highest BCUT2D eigenvalue weighted by Crippen LogP contribution is 2.27. The second kappa shape index (κ2) is 6.97. The van der Waals surface area contributed by atoms with Gasteiger partial charge in [0.15, 0.2) is 0 Å². The highest BCUT2D eigenvalue weighted by atomic mass is 15.3. The van der Waals surface area contributed by atoms with Crippen molar-refractivity contribution in [1.82, 2.24) is 14.7 Å². The second-order valence-corrected chi connectivity index (χ2v) is 8.37. The van der Waals surface area contributed by atoms with Gasteiger partial charge in [-0.1, -0.05) is 6.92 Å². The Morgan fingerprint density at radius 2 is 1.43 bits per heavy atom. The number of piperidine rings is 1. The number of likely N-dealkylation sites (tertiary alicyclic amines) is 1. The molecule has 21 heavy (non-hydrogen) atoms. The van der Waals surface area contributed by atoms with Crippen molar-refractivity contribution in [1.29, 1.82) is 0 Å². The van der Waals surface area contributed by atoms with Crippen LogP contribution >= 0.6 is 0 Å². The van der Waals surface area contributed by atoms with Gasteiger partial charge in [0.1, 0.15) is 0 Å². The number of piperazine rings is 1. The number of hydrogen-bond acceptors (Lipinski definition) is 3. The summed E-state index contributed by atoms with van der Waals surface area (Å²) >= 11 is 0. The molecule has 2 aliphatic heterocycles. The van der Waals surface area contributed by atoms with Crippen LogP contribution in [0.5, 0.6) is 0 Å². The number of hydrogen-bond donors (Lipinski definition) is 0. The molecule has 0 spiro atoms. The van der Waals surface area contributed by atoms with Gasteiger partial charge in [-0.25, -0.2) is 0 Å². The number of nitrogens with zero attached hydrogens (tertiary/aromatic N) is 3. The topological polar surface area (TPSA) is 9.72 Å². The first-order valence-corrected chi connectivity index (χ1v) is 9.04. The second-order valence-electron chi connectivity index (χ2n) is 8.37. The Bertz CT molecular complexity index is 303. The van der Waals surface area contributed by atoms with Crippen molar-refractivity contribution in [3.63, 3.8) is 0 Å². The molecule has 2 saturated heterocycles. The van der Waals surface area contributed by atoms with Gasteiger partial charge in [0.05, 0.1) is 0 Å². The third-order valence-electron chi connectivity index (χ3n) is 5.44. The first-order valence-electron chi connectivity index (χ1n) is 9.04. The lowest BCUT2D eigenvalue weighted by atomic mass is 9.93. The molecule has 2 rings (SSSR count). The van der Waals surface area contributed by atoms with E-state index in [1.807, 2.05) is 0 Å². The summed E-state index contributed by atoms with van der Waals surface area (Å²) in [7, 11) is 0. The minimum atomic E-state index is 0.289. The van der Waals surface area contributed by atoms with Crippen LogP contribution in [0.15, 0.2) is 0 Å². The van der Waals surface area contributed by atoms with Crippen LogP contribution < -0.4 is 0 Å². The van der Waals surface area contributed by atoms with Gasteiger partial charge in [-0.15, -0.1) is 0 Å². The predicted octanol–water partition coefficient (Wildman–Crippen LogP) is 2.91. The van der Waals surface area contributed by atoms with Gasteiger partial charge in [-0.2, -0.15) is 0 Å². The Hall–Kier alpha value is -0.120. The van der Waals surface area contributed by atoms with E-state index >= 15 is 0 Å². The Labute approximate surface area is 132 Å². The van der Waals surface area contributed by atoms with Gasteiger partial charge in [-0.05, 0) is 73.0 Å². The van der Waals surface area contributed by atoms with Crippen LogP contribution in [0, 0.1) is 5.92 Å². The van der Waals surface area contributed by atoms with E-state index < -0.39 is 0 Å². The van der Waals surface area contributed by atoms with E-state index in [1.54, 1.807) is 0 Å². The van der Waals surface area contributed by atoms with E-state index in [2.05, 4.69) is 56.2 Å². The van der Waals surface area contributed by atoms with E-state index in [1.165, 1.54) is 52.1 Å². The highest BCUT2D eigenvalue weighted by molar-refractivity contribution is 4.92. The summed E-state index contributed by atoms with van der Waals surface area (Å²) in [5.41, 5.74) is 0.289. The smallest absolute Gasteiger partial charge is 0.0203 e. The van der Waals surface area contributed by atoms with Crippen molar-refractivity contribution in [2.24, 2.45) is 5.92 Å². The molecule has 0 aliphatic carbocycles. The van der Waals surface area contributed by atoms with Crippen LogP contribution in [0.2, 0.25) is 0 Å². The fourth-order valence-corrected chi connectivity index (χ4v) is 4.75. The SMILES string of the molecule is CCN1CCC(CN2C[C@@H](C)N(C(C)(C)C)[C@@H](C)C2)CC1. The summed E-state index contributed by atoms with van der Waals surface area (Å²) in [6.07, 6.45) is 2.80. The molecule has 0 radical (unpaired) electrons. The molecule has 2 fully saturated rings. The standard InChI is InChI=1S/C18H37N3/c1-7-19-10-8-17(9-11-19)14-20-12-15(2)21(16(3)13-20)18(4,5)6/h15-17H,7-14H2,1-6H3/t15-,16+. The quantitative estimate of drug-likeness (QED) is 0.792. The van der Waals surface area contributed by atoms with Crippen molar-refractivity contribution in [2.75, 3.05) is 39.3 Å². The molecule has 0 aromatic heterocycles. The Morgan fingerprint density at radius 1 is 0.905 bits per heavy atom. The summed E-state index contributed by atoms with van der Waals surface area (Å²) in [5.74, 6) is 0.924. The van der Waals surface area contributed by atoms with Crippen molar-refractivity contribution in [3.8, 4) is 0 Å². The molecule has 2 atom stereocenters. The predicted molar refractivity (Wildman–Crippen MR) is 91.8 cm³/mol. The fraction of sp³-hybridized carbons (Fsp3) is 1.00.